The first kappa shape index (κ1) is 22.4. The smallest absolute Gasteiger partial charge is 0.269 e. The van der Waals surface area contributed by atoms with Crippen molar-refractivity contribution in [1.82, 2.24) is 15.3 Å². The number of benzene rings is 2. The molecular formula is C22H21Cl3N4O. The molecule has 0 bridgehead atoms. The molecular weight excluding hydrogens is 443 g/mol. The van der Waals surface area contributed by atoms with Crippen molar-refractivity contribution in [3.05, 3.63) is 63.8 Å². The van der Waals surface area contributed by atoms with Crippen molar-refractivity contribution in [1.29, 1.82) is 0 Å². The Bertz CT molecular complexity index is 1240. The Morgan fingerprint density at radius 1 is 1.10 bits per heavy atom. The molecule has 0 atom stereocenters. The molecule has 4 N–H and O–H groups in total. The van der Waals surface area contributed by atoms with Crippen LogP contribution in [0.5, 0.6) is 0 Å². The SMILES string of the molecule is Cc1cccc2c1[nH]c1c(-c3ccc(Cl)c(Cl)c3)nc(C(=O)NCCCN)cc12.Cl. The predicted molar refractivity (Wildman–Crippen MR) is 127 cm³/mol. The molecule has 2 aromatic heterocycles. The molecule has 0 aliphatic carbocycles. The quantitative estimate of drug-likeness (QED) is 0.342. The number of H-pyrrole nitrogens is 1. The summed E-state index contributed by atoms with van der Waals surface area (Å²) in [7, 11) is 0. The predicted octanol–water partition coefficient (Wildman–Crippen LogP) is 5.50. The average molecular weight is 464 g/mol. The van der Waals surface area contributed by atoms with E-state index in [4.69, 9.17) is 28.9 Å². The summed E-state index contributed by atoms with van der Waals surface area (Å²) in [5, 5.41) is 5.75. The van der Waals surface area contributed by atoms with Crippen LogP contribution in [0.3, 0.4) is 0 Å². The minimum atomic E-state index is -0.233. The number of nitrogens with zero attached hydrogens (tertiary/aromatic N) is 1. The van der Waals surface area contributed by atoms with Gasteiger partial charge in [-0.25, -0.2) is 4.98 Å². The Hall–Kier alpha value is -2.31. The summed E-state index contributed by atoms with van der Waals surface area (Å²) < 4.78 is 0. The third-order valence-corrected chi connectivity index (χ3v) is 5.66. The molecule has 0 unspecified atom stereocenters. The number of nitrogens with one attached hydrogen (secondary N) is 2. The number of hydrogen-bond acceptors (Lipinski definition) is 3. The normalized spacial score (nSPS) is 10.9. The summed E-state index contributed by atoms with van der Waals surface area (Å²) in [6.45, 7) is 3.07. The van der Waals surface area contributed by atoms with Gasteiger partial charge < -0.3 is 16.0 Å². The monoisotopic (exact) mass is 462 g/mol. The van der Waals surface area contributed by atoms with Crippen molar-refractivity contribution in [3.8, 4) is 11.3 Å². The van der Waals surface area contributed by atoms with E-state index in [1.165, 1.54) is 0 Å². The van der Waals surface area contributed by atoms with E-state index in [-0.39, 0.29) is 18.3 Å². The third-order valence-electron chi connectivity index (χ3n) is 4.92. The molecule has 0 radical (unpaired) electrons. The summed E-state index contributed by atoms with van der Waals surface area (Å²) in [6.07, 6.45) is 0.708. The molecule has 0 saturated carbocycles. The van der Waals surface area contributed by atoms with Gasteiger partial charge in [0.05, 0.1) is 21.3 Å². The molecule has 156 valence electrons. The number of halogens is 3. The van der Waals surface area contributed by atoms with Crippen LogP contribution in [0.2, 0.25) is 10.0 Å². The van der Waals surface area contributed by atoms with Gasteiger partial charge in [-0.05, 0) is 43.7 Å². The number of para-hydroxylation sites is 1. The van der Waals surface area contributed by atoms with E-state index in [9.17, 15) is 4.79 Å². The summed E-state index contributed by atoms with van der Waals surface area (Å²) in [5.74, 6) is -0.233. The van der Waals surface area contributed by atoms with Crippen molar-refractivity contribution in [3.63, 3.8) is 0 Å². The van der Waals surface area contributed by atoms with Crippen molar-refractivity contribution >= 4 is 63.3 Å². The third kappa shape index (κ3) is 4.12. The molecule has 0 fully saturated rings. The van der Waals surface area contributed by atoms with Gasteiger partial charge in [0, 0.05) is 28.4 Å². The second-order valence-electron chi connectivity index (χ2n) is 6.93. The van der Waals surface area contributed by atoms with E-state index in [2.05, 4.69) is 15.3 Å². The van der Waals surface area contributed by atoms with Crippen LogP contribution >= 0.6 is 35.6 Å². The van der Waals surface area contributed by atoms with Gasteiger partial charge in [0.2, 0.25) is 0 Å². The van der Waals surface area contributed by atoms with Crippen LogP contribution in [-0.4, -0.2) is 29.0 Å². The Labute approximate surface area is 190 Å². The fourth-order valence-corrected chi connectivity index (χ4v) is 3.73. The van der Waals surface area contributed by atoms with Crippen LogP contribution in [0.15, 0.2) is 42.5 Å². The second-order valence-corrected chi connectivity index (χ2v) is 7.74. The summed E-state index contributed by atoms with van der Waals surface area (Å²) in [6, 6.07) is 13.3. The van der Waals surface area contributed by atoms with Gasteiger partial charge in [-0.1, -0.05) is 47.5 Å². The zero-order valence-corrected chi connectivity index (χ0v) is 18.6. The fourth-order valence-electron chi connectivity index (χ4n) is 3.43. The summed E-state index contributed by atoms with van der Waals surface area (Å²) >= 11 is 12.3. The molecule has 5 nitrogen and oxygen atoms in total. The van der Waals surface area contributed by atoms with Crippen molar-refractivity contribution in [2.24, 2.45) is 5.73 Å². The molecule has 0 spiro atoms. The van der Waals surface area contributed by atoms with Gasteiger partial charge in [0.1, 0.15) is 5.69 Å². The Balaban J connectivity index is 0.00000256. The highest BCUT2D eigenvalue weighted by atomic mass is 35.5. The van der Waals surface area contributed by atoms with Gasteiger partial charge in [-0.15, -0.1) is 12.4 Å². The molecule has 0 aliphatic rings. The number of aromatic amines is 1. The highest BCUT2D eigenvalue weighted by Crippen LogP contribution is 2.35. The van der Waals surface area contributed by atoms with Crippen LogP contribution < -0.4 is 11.1 Å². The lowest BCUT2D eigenvalue weighted by molar-refractivity contribution is 0.0949. The first-order chi connectivity index (χ1) is 14.0. The standard InChI is InChI=1S/C22H20Cl2N4O.ClH/c1-12-4-2-5-14-15-11-18(22(29)26-9-3-8-25)27-20(21(15)28-19(12)14)13-6-7-16(23)17(24)10-13;/h2,4-7,10-11,28H,3,8-9,25H2,1H3,(H,26,29);1H. The number of aromatic nitrogens is 2. The number of aryl methyl sites for hydroxylation is 1. The van der Waals surface area contributed by atoms with Gasteiger partial charge in [0.15, 0.2) is 0 Å². The number of amides is 1. The fraction of sp³-hybridized carbons (Fsp3) is 0.182. The lowest BCUT2D eigenvalue weighted by Crippen LogP contribution is -2.26. The van der Waals surface area contributed by atoms with Crippen LogP contribution in [0.25, 0.3) is 33.1 Å². The van der Waals surface area contributed by atoms with Crippen LogP contribution in [0.1, 0.15) is 22.5 Å². The summed E-state index contributed by atoms with van der Waals surface area (Å²) in [5.41, 5.74) is 10.3. The molecule has 4 aromatic rings. The van der Waals surface area contributed by atoms with E-state index >= 15 is 0 Å². The number of carbonyl (C=O) groups excluding carboxylic acids is 1. The van der Waals surface area contributed by atoms with Gasteiger partial charge in [0.25, 0.3) is 5.91 Å². The first-order valence-corrected chi connectivity index (χ1v) is 10.1. The number of fused-ring (bicyclic) bond motifs is 3. The highest BCUT2D eigenvalue weighted by molar-refractivity contribution is 6.42. The van der Waals surface area contributed by atoms with E-state index < -0.39 is 0 Å². The zero-order valence-electron chi connectivity index (χ0n) is 16.3. The first-order valence-electron chi connectivity index (χ1n) is 9.35. The molecule has 1 amide bonds. The van der Waals surface area contributed by atoms with Crippen LogP contribution in [0.4, 0.5) is 0 Å². The minimum absolute atomic E-state index is 0. The maximum Gasteiger partial charge on any atom is 0.269 e. The second kappa shape index (κ2) is 9.23. The molecule has 2 heterocycles. The Kier molecular flexibility index (Phi) is 6.88. The van der Waals surface area contributed by atoms with E-state index in [0.29, 0.717) is 40.9 Å². The average Bonchev–Trinajstić information content (AvgIpc) is 3.10. The van der Waals surface area contributed by atoms with Crippen molar-refractivity contribution < 1.29 is 4.79 Å². The molecule has 4 rings (SSSR count). The van der Waals surface area contributed by atoms with E-state index in [1.54, 1.807) is 12.1 Å². The molecule has 0 saturated heterocycles. The topological polar surface area (TPSA) is 83.8 Å². The van der Waals surface area contributed by atoms with Crippen LogP contribution in [-0.2, 0) is 0 Å². The van der Waals surface area contributed by atoms with Gasteiger partial charge >= 0.3 is 0 Å². The number of carbonyl (C=O) groups is 1. The Morgan fingerprint density at radius 3 is 2.63 bits per heavy atom. The molecule has 0 aliphatic heterocycles. The number of hydrogen-bond donors (Lipinski definition) is 3. The maximum absolute atomic E-state index is 12.7. The van der Waals surface area contributed by atoms with Crippen molar-refractivity contribution in [2.45, 2.75) is 13.3 Å². The van der Waals surface area contributed by atoms with E-state index in [1.807, 2.05) is 37.3 Å². The van der Waals surface area contributed by atoms with Crippen molar-refractivity contribution in [2.75, 3.05) is 13.1 Å². The zero-order chi connectivity index (χ0) is 20.5. The molecule has 30 heavy (non-hydrogen) atoms. The number of pyridine rings is 1. The van der Waals surface area contributed by atoms with E-state index in [0.717, 1.165) is 32.9 Å². The van der Waals surface area contributed by atoms with Crippen LogP contribution in [0, 0.1) is 6.92 Å². The van der Waals surface area contributed by atoms with Gasteiger partial charge in [-0.3, -0.25) is 4.79 Å². The minimum Gasteiger partial charge on any atom is -0.353 e. The number of nitrogens with two attached hydrogens (primary N) is 1. The number of rotatable bonds is 5. The lowest BCUT2D eigenvalue weighted by atomic mass is 10.1. The Morgan fingerprint density at radius 2 is 1.90 bits per heavy atom. The lowest BCUT2D eigenvalue weighted by Gasteiger charge is -2.09. The molecule has 8 heteroatoms. The highest BCUT2D eigenvalue weighted by Gasteiger charge is 2.18. The van der Waals surface area contributed by atoms with Gasteiger partial charge in [-0.2, -0.15) is 0 Å². The molecule has 2 aromatic carbocycles. The largest absolute Gasteiger partial charge is 0.353 e. The summed E-state index contributed by atoms with van der Waals surface area (Å²) in [4.78, 5) is 20.9. The maximum atomic E-state index is 12.7.